The molecule has 0 N–H and O–H groups in total. The number of esters is 1. The fourth-order valence-corrected chi connectivity index (χ4v) is 3.02. The van der Waals surface area contributed by atoms with Crippen molar-refractivity contribution >= 4 is 23.4 Å². The maximum atomic E-state index is 11.9. The maximum absolute atomic E-state index is 11.9. The molecule has 3 rings (SSSR count). The first-order chi connectivity index (χ1) is 15.5. The minimum atomic E-state index is -0.688. The Balaban J connectivity index is 1.49. The number of ether oxygens (including phenoxy) is 3. The number of rotatable bonds is 8. The van der Waals surface area contributed by atoms with E-state index in [2.05, 4.69) is 22.0 Å². The van der Waals surface area contributed by atoms with Crippen LogP contribution in [0.15, 0.2) is 52.1 Å². The van der Waals surface area contributed by atoms with Crippen LogP contribution in [0, 0.1) is 22.0 Å². The molecule has 0 amide bonds. The predicted octanol–water partition coefficient (Wildman–Crippen LogP) is 3.61. The van der Waals surface area contributed by atoms with Gasteiger partial charge in [0.05, 0.1) is 30.5 Å². The van der Waals surface area contributed by atoms with Crippen LogP contribution in [0.2, 0.25) is 0 Å². The van der Waals surface area contributed by atoms with Gasteiger partial charge in [0.25, 0.3) is 10.9 Å². The number of carbonyl (C=O) groups excluding carboxylic acids is 1. The molecule has 32 heavy (non-hydrogen) atoms. The van der Waals surface area contributed by atoms with Gasteiger partial charge in [0.15, 0.2) is 18.1 Å². The SMILES string of the molecule is COc1ccc(-c2nnc(SCC#CCOC(=O)c3cccc([N+](=O)[O-])c3)o2)cc1OC. The third kappa shape index (κ3) is 5.77. The summed E-state index contributed by atoms with van der Waals surface area (Å²) in [6, 6.07) is 10.5. The lowest BCUT2D eigenvalue weighted by atomic mass is 10.2. The highest BCUT2D eigenvalue weighted by molar-refractivity contribution is 7.99. The second-order valence-electron chi connectivity index (χ2n) is 5.97. The summed E-state index contributed by atoms with van der Waals surface area (Å²) in [5.74, 6) is 6.62. The van der Waals surface area contributed by atoms with Gasteiger partial charge < -0.3 is 18.6 Å². The normalized spacial score (nSPS) is 10.1. The van der Waals surface area contributed by atoms with E-state index in [1.165, 1.54) is 37.1 Å². The zero-order valence-electron chi connectivity index (χ0n) is 17.1. The molecule has 0 aliphatic rings. The number of non-ortho nitro benzene ring substituents is 1. The van der Waals surface area contributed by atoms with Gasteiger partial charge in [-0.25, -0.2) is 4.79 Å². The molecule has 2 aromatic carbocycles. The third-order valence-corrected chi connectivity index (χ3v) is 4.70. The van der Waals surface area contributed by atoms with Gasteiger partial charge in [-0.15, -0.1) is 10.2 Å². The Bertz CT molecular complexity index is 1180. The van der Waals surface area contributed by atoms with E-state index in [4.69, 9.17) is 18.6 Å². The predicted molar refractivity (Wildman–Crippen MR) is 115 cm³/mol. The average molecular weight is 455 g/mol. The van der Waals surface area contributed by atoms with Crippen molar-refractivity contribution in [3.05, 3.63) is 58.1 Å². The highest BCUT2D eigenvalue weighted by Gasteiger charge is 2.13. The van der Waals surface area contributed by atoms with E-state index in [0.717, 1.165) is 6.07 Å². The van der Waals surface area contributed by atoms with E-state index < -0.39 is 10.9 Å². The van der Waals surface area contributed by atoms with Crippen molar-refractivity contribution in [3.8, 4) is 34.8 Å². The van der Waals surface area contributed by atoms with Crippen molar-refractivity contribution in [2.45, 2.75) is 5.22 Å². The molecule has 3 aromatic rings. The Labute approximate surface area is 187 Å². The van der Waals surface area contributed by atoms with Gasteiger partial charge in [0.2, 0.25) is 5.89 Å². The van der Waals surface area contributed by atoms with Gasteiger partial charge in [-0.1, -0.05) is 29.7 Å². The Morgan fingerprint density at radius 1 is 1.12 bits per heavy atom. The monoisotopic (exact) mass is 455 g/mol. The lowest BCUT2D eigenvalue weighted by molar-refractivity contribution is -0.384. The summed E-state index contributed by atoms with van der Waals surface area (Å²) in [7, 11) is 3.09. The fourth-order valence-electron chi connectivity index (χ4n) is 2.49. The van der Waals surface area contributed by atoms with Crippen molar-refractivity contribution in [1.29, 1.82) is 0 Å². The average Bonchev–Trinajstić information content (AvgIpc) is 3.29. The van der Waals surface area contributed by atoms with Crippen LogP contribution in [0.3, 0.4) is 0 Å². The van der Waals surface area contributed by atoms with Gasteiger partial charge >= 0.3 is 5.97 Å². The highest BCUT2D eigenvalue weighted by Crippen LogP contribution is 2.32. The zero-order valence-corrected chi connectivity index (χ0v) is 17.9. The molecule has 0 bridgehead atoms. The van der Waals surface area contributed by atoms with Crippen LogP contribution in [-0.4, -0.2) is 47.7 Å². The molecule has 0 saturated heterocycles. The van der Waals surface area contributed by atoms with Crippen molar-refractivity contribution in [3.63, 3.8) is 0 Å². The number of hydrogen-bond donors (Lipinski definition) is 0. The Kier molecular flexibility index (Phi) is 7.66. The molecule has 1 heterocycles. The fraction of sp³-hybridized carbons (Fsp3) is 0.190. The van der Waals surface area contributed by atoms with Gasteiger partial charge in [-0.3, -0.25) is 10.1 Å². The number of nitro benzene ring substituents is 1. The molecule has 10 nitrogen and oxygen atoms in total. The molecule has 0 aliphatic heterocycles. The van der Waals surface area contributed by atoms with Crippen molar-refractivity contribution in [2.24, 2.45) is 0 Å². The van der Waals surface area contributed by atoms with Crippen LogP contribution < -0.4 is 9.47 Å². The summed E-state index contributed by atoms with van der Waals surface area (Å²) in [5.41, 5.74) is 0.582. The Hall–Kier alpha value is -4.04. The molecule has 0 radical (unpaired) electrons. The second kappa shape index (κ2) is 10.8. The van der Waals surface area contributed by atoms with Crippen LogP contribution in [-0.2, 0) is 4.74 Å². The van der Waals surface area contributed by atoms with E-state index in [1.54, 1.807) is 25.3 Å². The smallest absolute Gasteiger partial charge is 0.339 e. The van der Waals surface area contributed by atoms with Crippen LogP contribution >= 0.6 is 11.8 Å². The van der Waals surface area contributed by atoms with E-state index in [1.807, 2.05) is 0 Å². The molecule has 11 heteroatoms. The van der Waals surface area contributed by atoms with Crippen LogP contribution in [0.4, 0.5) is 5.69 Å². The molecule has 0 unspecified atom stereocenters. The van der Waals surface area contributed by atoms with Crippen LogP contribution in [0.1, 0.15) is 10.4 Å². The molecule has 1 aromatic heterocycles. The van der Waals surface area contributed by atoms with E-state index >= 15 is 0 Å². The lowest BCUT2D eigenvalue weighted by Crippen LogP contribution is -2.05. The summed E-state index contributed by atoms with van der Waals surface area (Å²) in [6.45, 7) is -0.150. The number of carbonyl (C=O) groups is 1. The number of hydrogen-bond acceptors (Lipinski definition) is 10. The second-order valence-corrected chi connectivity index (χ2v) is 6.90. The number of nitro groups is 1. The number of aromatic nitrogens is 2. The number of benzene rings is 2. The molecule has 0 saturated carbocycles. The quantitative estimate of drug-likeness (QED) is 0.163. The minimum absolute atomic E-state index is 0.0870. The minimum Gasteiger partial charge on any atom is -0.493 e. The Morgan fingerprint density at radius 2 is 1.94 bits per heavy atom. The summed E-state index contributed by atoms with van der Waals surface area (Å²) in [6.07, 6.45) is 0. The van der Waals surface area contributed by atoms with Crippen LogP contribution in [0.25, 0.3) is 11.5 Å². The first-order valence-corrected chi connectivity index (χ1v) is 10.1. The van der Waals surface area contributed by atoms with Crippen molar-refractivity contribution in [1.82, 2.24) is 10.2 Å². The van der Waals surface area contributed by atoms with E-state index in [0.29, 0.717) is 33.9 Å². The number of thioether (sulfide) groups is 1. The van der Waals surface area contributed by atoms with Gasteiger partial charge in [0, 0.05) is 17.7 Å². The maximum Gasteiger partial charge on any atom is 0.339 e. The van der Waals surface area contributed by atoms with Crippen molar-refractivity contribution < 1.29 is 28.3 Å². The lowest BCUT2D eigenvalue weighted by Gasteiger charge is -2.07. The van der Waals surface area contributed by atoms with Gasteiger partial charge in [0.1, 0.15) is 0 Å². The molecule has 164 valence electrons. The molecule has 0 fully saturated rings. The third-order valence-electron chi connectivity index (χ3n) is 4.00. The first kappa shape index (κ1) is 22.6. The van der Waals surface area contributed by atoms with E-state index in [9.17, 15) is 14.9 Å². The van der Waals surface area contributed by atoms with Crippen molar-refractivity contribution in [2.75, 3.05) is 26.6 Å². The van der Waals surface area contributed by atoms with Gasteiger partial charge in [-0.05, 0) is 24.3 Å². The summed E-state index contributed by atoms with van der Waals surface area (Å²) >= 11 is 1.23. The first-order valence-electron chi connectivity index (χ1n) is 9.08. The molecule has 0 spiro atoms. The summed E-state index contributed by atoms with van der Waals surface area (Å²) in [4.78, 5) is 22.1. The number of nitrogens with zero attached hydrogens (tertiary/aromatic N) is 3. The van der Waals surface area contributed by atoms with E-state index in [-0.39, 0.29) is 17.9 Å². The van der Waals surface area contributed by atoms with Gasteiger partial charge in [-0.2, -0.15) is 0 Å². The number of methoxy groups -OCH3 is 2. The Morgan fingerprint density at radius 3 is 2.69 bits per heavy atom. The topological polar surface area (TPSA) is 127 Å². The standard InChI is InChI=1S/C21H17N3O7S/c1-28-17-9-8-14(13-18(17)29-2)19-22-23-21(31-19)32-11-4-3-10-30-20(25)15-6-5-7-16(12-15)24(26)27/h5-9,12-13H,10-11H2,1-2H3. The van der Waals surface area contributed by atoms with Crippen LogP contribution in [0.5, 0.6) is 11.5 Å². The molecule has 0 aliphatic carbocycles. The largest absolute Gasteiger partial charge is 0.493 e. The summed E-state index contributed by atoms with van der Waals surface area (Å²) in [5, 5.41) is 19.1. The highest BCUT2D eigenvalue weighted by atomic mass is 32.2. The molecular weight excluding hydrogens is 438 g/mol. The molecular formula is C21H17N3O7S. The molecule has 0 atom stereocenters. The zero-order chi connectivity index (χ0) is 22.9. The summed E-state index contributed by atoms with van der Waals surface area (Å²) < 4.78 is 21.1.